The van der Waals surface area contributed by atoms with E-state index in [-0.39, 0.29) is 6.29 Å². The minimum atomic E-state index is 0.0537. The fraction of sp³-hybridized carbons (Fsp3) is 1.00. The molecule has 1 unspecified atom stereocenters. The first-order valence-corrected chi connectivity index (χ1v) is 5.30. The van der Waals surface area contributed by atoms with Crippen molar-refractivity contribution >= 4 is 0 Å². The van der Waals surface area contributed by atoms with Crippen molar-refractivity contribution in [3.05, 3.63) is 0 Å². The second-order valence-corrected chi connectivity index (χ2v) is 3.99. The van der Waals surface area contributed by atoms with Crippen molar-refractivity contribution in [3.63, 3.8) is 0 Å². The molecule has 76 valence electrons. The highest BCUT2D eigenvalue weighted by molar-refractivity contribution is 4.82. The largest absolute Gasteiger partial charge is 0.350 e. The van der Waals surface area contributed by atoms with Gasteiger partial charge in [-0.2, -0.15) is 0 Å². The average molecular weight is 185 g/mol. The first-order chi connectivity index (χ1) is 6.40. The predicted octanol–water partition coefficient (Wildman–Crippen LogP) is 1.14. The minimum absolute atomic E-state index is 0.0537. The molecule has 3 nitrogen and oxygen atoms in total. The van der Waals surface area contributed by atoms with E-state index in [0.29, 0.717) is 6.04 Å². The van der Waals surface area contributed by atoms with Crippen LogP contribution in [0.25, 0.3) is 0 Å². The highest BCUT2D eigenvalue weighted by atomic mass is 16.7. The molecule has 1 saturated heterocycles. The molecule has 1 saturated carbocycles. The molecule has 1 N–H and O–H groups in total. The predicted molar refractivity (Wildman–Crippen MR) is 50.5 cm³/mol. The molecule has 0 bridgehead atoms. The van der Waals surface area contributed by atoms with Gasteiger partial charge < -0.3 is 14.8 Å². The first kappa shape index (κ1) is 9.44. The summed E-state index contributed by atoms with van der Waals surface area (Å²) in [6.45, 7) is 1.54. The summed E-state index contributed by atoms with van der Waals surface area (Å²) in [4.78, 5) is 0. The molecule has 1 aliphatic heterocycles. The Morgan fingerprint density at radius 1 is 1.31 bits per heavy atom. The van der Waals surface area contributed by atoms with Gasteiger partial charge in [-0.15, -0.1) is 0 Å². The second-order valence-electron chi connectivity index (χ2n) is 3.99. The van der Waals surface area contributed by atoms with E-state index in [0.717, 1.165) is 25.6 Å². The molecule has 0 spiro atoms. The van der Waals surface area contributed by atoms with E-state index in [1.54, 1.807) is 0 Å². The van der Waals surface area contributed by atoms with Gasteiger partial charge in [-0.3, -0.25) is 0 Å². The number of hydrogen-bond acceptors (Lipinski definition) is 3. The summed E-state index contributed by atoms with van der Waals surface area (Å²) in [7, 11) is 2.04. The number of hydrogen-bond donors (Lipinski definition) is 1. The van der Waals surface area contributed by atoms with Crippen molar-refractivity contribution in [2.75, 3.05) is 20.3 Å². The van der Waals surface area contributed by atoms with Gasteiger partial charge >= 0.3 is 0 Å². The van der Waals surface area contributed by atoms with Gasteiger partial charge in [-0.25, -0.2) is 0 Å². The summed E-state index contributed by atoms with van der Waals surface area (Å²) in [5, 5.41) is 3.37. The Bertz CT molecular complexity index is 153. The molecule has 1 aliphatic carbocycles. The van der Waals surface area contributed by atoms with Crippen LogP contribution in [-0.4, -0.2) is 32.6 Å². The van der Waals surface area contributed by atoms with E-state index < -0.39 is 0 Å². The average Bonchev–Trinajstić information content (AvgIpc) is 2.52. The molecule has 0 aromatic carbocycles. The van der Waals surface area contributed by atoms with Gasteiger partial charge in [0, 0.05) is 12.5 Å². The molecule has 0 radical (unpaired) electrons. The lowest BCUT2D eigenvalue weighted by Gasteiger charge is -2.34. The van der Waals surface area contributed by atoms with Gasteiger partial charge in [0.05, 0.1) is 13.2 Å². The van der Waals surface area contributed by atoms with Crippen LogP contribution in [-0.2, 0) is 9.47 Å². The van der Waals surface area contributed by atoms with Gasteiger partial charge in [-0.05, 0) is 25.8 Å². The van der Waals surface area contributed by atoms with Crippen LogP contribution < -0.4 is 5.32 Å². The Morgan fingerprint density at radius 3 is 2.46 bits per heavy atom. The van der Waals surface area contributed by atoms with Crippen molar-refractivity contribution in [2.45, 2.75) is 38.0 Å². The van der Waals surface area contributed by atoms with E-state index in [1.807, 2.05) is 7.05 Å². The highest BCUT2D eigenvalue weighted by Gasteiger charge is 2.29. The van der Waals surface area contributed by atoms with Crippen LogP contribution in [0.15, 0.2) is 0 Å². The highest BCUT2D eigenvalue weighted by Crippen LogP contribution is 2.32. The summed E-state index contributed by atoms with van der Waals surface area (Å²) < 4.78 is 10.9. The number of nitrogens with one attached hydrogen (secondary N) is 1. The zero-order chi connectivity index (χ0) is 9.10. The summed E-state index contributed by atoms with van der Waals surface area (Å²) in [5.41, 5.74) is 0. The summed E-state index contributed by atoms with van der Waals surface area (Å²) in [5.74, 6) is 0.859. The minimum Gasteiger partial charge on any atom is -0.350 e. The van der Waals surface area contributed by atoms with E-state index in [2.05, 4.69) is 5.32 Å². The Morgan fingerprint density at radius 2 is 2.00 bits per heavy atom. The molecule has 0 amide bonds. The van der Waals surface area contributed by atoms with Gasteiger partial charge in [0.2, 0.25) is 0 Å². The van der Waals surface area contributed by atoms with Gasteiger partial charge in [-0.1, -0.05) is 6.42 Å². The molecule has 2 aliphatic rings. The Labute approximate surface area is 79.8 Å². The Balaban J connectivity index is 1.75. The zero-order valence-electron chi connectivity index (χ0n) is 8.29. The van der Waals surface area contributed by atoms with E-state index >= 15 is 0 Å². The Kier molecular flexibility index (Phi) is 3.19. The zero-order valence-corrected chi connectivity index (χ0v) is 8.29. The van der Waals surface area contributed by atoms with Gasteiger partial charge in [0.25, 0.3) is 0 Å². The number of rotatable bonds is 4. The van der Waals surface area contributed by atoms with Crippen LogP contribution in [0.1, 0.15) is 25.7 Å². The molecule has 13 heavy (non-hydrogen) atoms. The van der Waals surface area contributed by atoms with E-state index in [9.17, 15) is 0 Å². The lowest BCUT2D eigenvalue weighted by Crippen LogP contribution is -2.40. The molecule has 0 aromatic heterocycles. The van der Waals surface area contributed by atoms with Crippen molar-refractivity contribution in [2.24, 2.45) is 5.92 Å². The first-order valence-electron chi connectivity index (χ1n) is 5.30. The van der Waals surface area contributed by atoms with Crippen LogP contribution in [0.5, 0.6) is 0 Å². The van der Waals surface area contributed by atoms with Crippen LogP contribution >= 0.6 is 0 Å². The molecule has 3 heteroatoms. The Hall–Kier alpha value is -0.120. The summed E-state index contributed by atoms with van der Waals surface area (Å²) in [6, 6.07) is 0.594. The summed E-state index contributed by atoms with van der Waals surface area (Å²) >= 11 is 0. The smallest absolute Gasteiger partial charge is 0.159 e. The van der Waals surface area contributed by atoms with Crippen molar-refractivity contribution < 1.29 is 9.47 Å². The lowest BCUT2D eigenvalue weighted by atomic mass is 9.78. The third-order valence-electron chi connectivity index (χ3n) is 3.23. The SMILES string of the molecule is CNC(CC1OCCO1)C1CCC1. The maximum absolute atomic E-state index is 5.44. The van der Waals surface area contributed by atoms with Crippen LogP contribution in [0.3, 0.4) is 0 Å². The fourth-order valence-corrected chi connectivity index (χ4v) is 2.14. The molecule has 2 fully saturated rings. The quantitative estimate of drug-likeness (QED) is 0.712. The normalized spacial score (nSPS) is 27.5. The van der Waals surface area contributed by atoms with E-state index in [1.165, 1.54) is 19.3 Å². The molecule has 0 aromatic rings. The van der Waals surface area contributed by atoms with Crippen molar-refractivity contribution in [1.82, 2.24) is 5.32 Å². The molecular weight excluding hydrogens is 166 g/mol. The van der Waals surface area contributed by atoms with Crippen LogP contribution in [0, 0.1) is 5.92 Å². The third kappa shape index (κ3) is 2.22. The van der Waals surface area contributed by atoms with E-state index in [4.69, 9.17) is 9.47 Å². The van der Waals surface area contributed by atoms with Gasteiger partial charge in [0.15, 0.2) is 6.29 Å². The van der Waals surface area contributed by atoms with Crippen LogP contribution in [0.2, 0.25) is 0 Å². The summed E-state index contributed by atoms with van der Waals surface area (Å²) in [6.07, 6.45) is 5.21. The lowest BCUT2D eigenvalue weighted by molar-refractivity contribution is -0.0586. The molecular formula is C10H19NO2. The fourth-order valence-electron chi connectivity index (χ4n) is 2.14. The number of ether oxygens (including phenoxy) is 2. The standard InChI is InChI=1S/C10H19NO2/c1-11-9(8-3-2-4-8)7-10-12-5-6-13-10/h8-11H,2-7H2,1H3. The van der Waals surface area contributed by atoms with Gasteiger partial charge in [0.1, 0.15) is 0 Å². The maximum Gasteiger partial charge on any atom is 0.159 e. The maximum atomic E-state index is 5.44. The second kappa shape index (κ2) is 4.40. The molecule has 2 rings (SSSR count). The van der Waals surface area contributed by atoms with Crippen LogP contribution in [0.4, 0.5) is 0 Å². The molecule has 1 atom stereocenters. The third-order valence-corrected chi connectivity index (χ3v) is 3.23. The molecule has 1 heterocycles. The topological polar surface area (TPSA) is 30.5 Å². The monoisotopic (exact) mass is 185 g/mol. The van der Waals surface area contributed by atoms with Crippen molar-refractivity contribution in [1.29, 1.82) is 0 Å². The van der Waals surface area contributed by atoms with Crippen molar-refractivity contribution in [3.8, 4) is 0 Å².